The van der Waals surface area contributed by atoms with Crippen molar-refractivity contribution in [2.75, 3.05) is 0 Å². The monoisotopic (exact) mass is 196 g/mol. The van der Waals surface area contributed by atoms with Crippen LogP contribution < -0.4 is 0 Å². The van der Waals surface area contributed by atoms with Gasteiger partial charge in [-0.15, -0.1) is 11.3 Å². The first-order valence-corrected chi connectivity index (χ1v) is 4.96. The van der Waals surface area contributed by atoms with Crippen molar-refractivity contribution in [1.29, 1.82) is 0 Å². The van der Waals surface area contributed by atoms with Gasteiger partial charge in [0.2, 0.25) is 0 Å². The Bertz CT molecular complexity index is 339. The number of aromatic nitrogens is 4. The quantitative estimate of drug-likeness (QED) is 0.761. The molecule has 2 rings (SSSR count). The molecule has 0 aliphatic rings. The van der Waals surface area contributed by atoms with Gasteiger partial charge in [-0.05, 0) is 6.92 Å². The van der Waals surface area contributed by atoms with Gasteiger partial charge in [0.15, 0.2) is 5.82 Å². The molecular formula is C8H12N4S. The number of hydrogen-bond acceptors (Lipinski definition) is 4. The third-order valence-corrected chi connectivity index (χ3v) is 2.19. The summed E-state index contributed by atoms with van der Waals surface area (Å²) >= 11 is 1.60. The van der Waals surface area contributed by atoms with E-state index >= 15 is 0 Å². The van der Waals surface area contributed by atoms with Crippen LogP contribution in [-0.2, 0) is 0 Å². The van der Waals surface area contributed by atoms with Crippen molar-refractivity contribution >= 4 is 11.3 Å². The zero-order valence-electron chi connectivity index (χ0n) is 7.90. The van der Waals surface area contributed by atoms with E-state index in [9.17, 15) is 0 Å². The first kappa shape index (κ1) is 9.85. The fraction of sp³-hybridized carbons (Fsp3) is 0.375. The van der Waals surface area contributed by atoms with E-state index in [1.807, 2.05) is 20.8 Å². The number of aromatic amines is 1. The normalized spacial score (nSPS) is 9.15. The Morgan fingerprint density at radius 3 is 2.54 bits per heavy atom. The largest absolute Gasteiger partial charge is 0.259 e. The summed E-state index contributed by atoms with van der Waals surface area (Å²) in [6, 6.07) is 0. The van der Waals surface area contributed by atoms with Gasteiger partial charge in [0.05, 0.1) is 9.88 Å². The van der Waals surface area contributed by atoms with Gasteiger partial charge in [-0.2, -0.15) is 5.10 Å². The van der Waals surface area contributed by atoms with E-state index in [0.29, 0.717) is 0 Å². The molecule has 4 nitrogen and oxygen atoms in total. The van der Waals surface area contributed by atoms with Crippen molar-refractivity contribution in [2.45, 2.75) is 20.8 Å². The van der Waals surface area contributed by atoms with Crippen molar-refractivity contribution in [2.24, 2.45) is 0 Å². The molecule has 0 fully saturated rings. The predicted octanol–water partition coefficient (Wildman–Crippen LogP) is 2.26. The van der Waals surface area contributed by atoms with Crippen LogP contribution in [0.5, 0.6) is 0 Å². The van der Waals surface area contributed by atoms with E-state index in [1.165, 1.54) is 6.33 Å². The molecule has 13 heavy (non-hydrogen) atoms. The number of H-pyrrole nitrogens is 1. The number of aryl methyl sites for hydroxylation is 1. The van der Waals surface area contributed by atoms with E-state index in [0.717, 1.165) is 15.7 Å². The van der Waals surface area contributed by atoms with Gasteiger partial charge in [-0.3, -0.25) is 5.10 Å². The lowest BCUT2D eigenvalue weighted by atomic mass is 10.5. The molecule has 0 saturated carbocycles. The molecule has 0 bridgehead atoms. The molecule has 0 aliphatic carbocycles. The predicted molar refractivity (Wildman–Crippen MR) is 53.6 cm³/mol. The summed E-state index contributed by atoms with van der Waals surface area (Å²) in [5.74, 6) is 0.788. The molecule has 0 spiro atoms. The zero-order chi connectivity index (χ0) is 9.68. The third kappa shape index (κ3) is 2.35. The topological polar surface area (TPSA) is 54.5 Å². The lowest BCUT2D eigenvalue weighted by Gasteiger charge is -1.82. The Labute approximate surface area is 81.1 Å². The fourth-order valence-electron chi connectivity index (χ4n) is 0.795. The van der Waals surface area contributed by atoms with E-state index < -0.39 is 0 Å². The van der Waals surface area contributed by atoms with Crippen molar-refractivity contribution in [3.63, 3.8) is 0 Å². The number of thiazole rings is 1. The number of nitrogens with zero attached hydrogens (tertiary/aromatic N) is 3. The van der Waals surface area contributed by atoms with Crippen LogP contribution in [0.25, 0.3) is 10.7 Å². The molecule has 2 aromatic rings. The molecule has 2 aromatic heterocycles. The Kier molecular flexibility index (Phi) is 3.57. The van der Waals surface area contributed by atoms with Crippen LogP contribution in [0.4, 0.5) is 0 Å². The van der Waals surface area contributed by atoms with Gasteiger partial charge in [-0.25, -0.2) is 9.97 Å². The van der Waals surface area contributed by atoms with Gasteiger partial charge >= 0.3 is 0 Å². The first-order valence-electron chi connectivity index (χ1n) is 4.14. The molecule has 0 amide bonds. The Morgan fingerprint density at radius 1 is 1.31 bits per heavy atom. The zero-order valence-corrected chi connectivity index (χ0v) is 8.72. The highest BCUT2D eigenvalue weighted by Crippen LogP contribution is 2.20. The Balaban J connectivity index is 0.000000396. The summed E-state index contributed by atoms with van der Waals surface area (Å²) in [5, 5.41) is 7.56. The highest BCUT2D eigenvalue weighted by Gasteiger charge is 2.02. The molecule has 1 N–H and O–H groups in total. The van der Waals surface area contributed by atoms with Crippen LogP contribution in [0.1, 0.15) is 18.9 Å². The maximum absolute atomic E-state index is 4.10. The van der Waals surface area contributed by atoms with Crippen LogP contribution in [0.3, 0.4) is 0 Å². The van der Waals surface area contributed by atoms with Gasteiger partial charge in [-0.1, -0.05) is 13.8 Å². The third-order valence-electron chi connectivity index (χ3n) is 1.27. The van der Waals surface area contributed by atoms with Gasteiger partial charge in [0.25, 0.3) is 0 Å². The molecule has 0 saturated heterocycles. The van der Waals surface area contributed by atoms with Crippen LogP contribution >= 0.6 is 11.3 Å². The molecule has 2 heterocycles. The van der Waals surface area contributed by atoms with E-state index in [4.69, 9.17) is 0 Å². The highest BCUT2D eigenvalue weighted by molar-refractivity contribution is 7.14. The molecule has 0 aromatic carbocycles. The molecule has 70 valence electrons. The van der Waals surface area contributed by atoms with Gasteiger partial charge < -0.3 is 0 Å². The second-order valence-corrected chi connectivity index (χ2v) is 3.31. The fourth-order valence-corrected chi connectivity index (χ4v) is 1.52. The molecule has 0 atom stereocenters. The lowest BCUT2D eigenvalue weighted by Crippen LogP contribution is -1.73. The number of nitrogens with one attached hydrogen (secondary N) is 1. The average molecular weight is 196 g/mol. The lowest BCUT2D eigenvalue weighted by molar-refractivity contribution is 1.10. The van der Waals surface area contributed by atoms with Crippen molar-refractivity contribution < 1.29 is 0 Å². The second-order valence-electron chi connectivity index (χ2n) is 2.08. The van der Waals surface area contributed by atoms with Crippen LogP contribution in [-0.4, -0.2) is 20.2 Å². The first-order chi connectivity index (χ1) is 6.36. The van der Waals surface area contributed by atoms with Crippen molar-refractivity contribution in [3.05, 3.63) is 17.5 Å². The SMILES string of the molecule is CC.Cc1ncc(-c2ncn[nH]2)s1. The van der Waals surface area contributed by atoms with Crippen LogP contribution in [0.2, 0.25) is 0 Å². The second kappa shape index (κ2) is 4.71. The molecule has 0 radical (unpaired) electrons. The van der Waals surface area contributed by atoms with E-state index in [-0.39, 0.29) is 0 Å². The maximum atomic E-state index is 4.10. The van der Waals surface area contributed by atoms with Crippen molar-refractivity contribution in [1.82, 2.24) is 20.2 Å². The average Bonchev–Trinajstić information content (AvgIpc) is 2.77. The molecular weight excluding hydrogens is 184 g/mol. The smallest absolute Gasteiger partial charge is 0.167 e. The maximum Gasteiger partial charge on any atom is 0.167 e. The summed E-state index contributed by atoms with van der Waals surface area (Å²) in [5.41, 5.74) is 0. The van der Waals surface area contributed by atoms with Gasteiger partial charge in [0, 0.05) is 6.20 Å². The van der Waals surface area contributed by atoms with Gasteiger partial charge in [0.1, 0.15) is 6.33 Å². The summed E-state index contributed by atoms with van der Waals surface area (Å²) in [6.45, 7) is 5.96. The minimum atomic E-state index is 0.788. The minimum Gasteiger partial charge on any atom is -0.259 e. The molecule has 0 unspecified atom stereocenters. The Morgan fingerprint density at radius 2 is 2.08 bits per heavy atom. The van der Waals surface area contributed by atoms with Crippen LogP contribution in [0.15, 0.2) is 12.5 Å². The van der Waals surface area contributed by atoms with E-state index in [1.54, 1.807) is 17.5 Å². The standard InChI is InChI=1S/C6H6N4S.C2H6/c1-4-7-2-5(11-4)6-8-3-9-10-6;1-2/h2-3H,1H3,(H,8,9,10);1-2H3. The van der Waals surface area contributed by atoms with Crippen molar-refractivity contribution in [3.8, 4) is 10.7 Å². The summed E-state index contributed by atoms with van der Waals surface area (Å²) in [4.78, 5) is 9.13. The highest BCUT2D eigenvalue weighted by atomic mass is 32.1. The van der Waals surface area contributed by atoms with Crippen LogP contribution in [0, 0.1) is 6.92 Å². The summed E-state index contributed by atoms with van der Waals surface area (Å²) in [7, 11) is 0. The molecule has 5 heteroatoms. The van der Waals surface area contributed by atoms with E-state index in [2.05, 4.69) is 20.2 Å². The number of hydrogen-bond donors (Lipinski definition) is 1. The molecule has 0 aliphatic heterocycles. The minimum absolute atomic E-state index is 0.788. The summed E-state index contributed by atoms with van der Waals surface area (Å²) < 4.78 is 0. The Hall–Kier alpha value is -1.23. The summed E-state index contributed by atoms with van der Waals surface area (Å²) in [6.07, 6.45) is 3.28. The number of rotatable bonds is 1.